The summed E-state index contributed by atoms with van der Waals surface area (Å²) in [6.07, 6.45) is 0.631. The van der Waals surface area contributed by atoms with Gasteiger partial charge in [-0.3, -0.25) is 4.79 Å². The van der Waals surface area contributed by atoms with Gasteiger partial charge in [0, 0.05) is 16.8 Å². The number of nitrogens with zero attached hydrogens (tertiary/aromatic N) is 2. The van der Waals surface area contributed by atoms with Gasteiger partial charge in [-0.1, -0.05) is 35.5 Å². The maximum atomic E-state index is 10.5. The summed E-state index contributed by atoms with van der Waals surface area (Å²) in [7, 11) is 0. The van der Waals surface area contributed by atoms with Gasteiger partial charge in [0.1, 0.15) is 0 Å². The van der Waals surface area contributed by atoms with E-state index in [1.807, 2.05) is 43.3 Å². The molecule has 1 heterocycles. The highest BCUT2D eigenvalue weighted by Crippen LogP contribution is 2.25. The minimum absolute atomic E-state index is 0.419. The fourth-order valence-electron chi connectivity index (χ4n) is 2.08. The van der Waals surface area contributed by atoms with Gasteiger partial charge >= 0.3 is 0 Å². The molecule has 0 saturated heterocycles. The van der Waals surface area contributed by atoms with E-state index >= 15 is 0 Å². The zero-order chi connectivity index (χ0) is 14.7. The first kappa shape index (κ1) is 13.1. The molecule has 0 aliphatic carbocycles. The third-order valence-corrected chi connectivity index (χ3v) is 3.15. The lowest BCUT2D eigenvalue weighted by Crippen LogP contribution is -1.93. The minimum Gasteiger partial charge on any atom is -0.334 e. The van der Waals surface area contributed by atoms with Gasteiger partial charge in [0.15, 0.2) is 0 Å². The molecule has 0 aliphatic heterocycles. The number of aryl methyl sites for hydroxylation is 1. The Bertz CT molecular complexity index is 780. The fourth-order valence-corrected chi connectivity index (χ4v) is 2.08. The van der Waals surface area contributed by atoms with Crippen LogP contribution in [0.1, 0.15) is 5.56 Å². The van der Waals surface area contributed by atoms with Crippen LogP contribution in [0, 0.1) is 6.92 Å². The molecule has 0 aliphatic rings. The Balaban J connectivity index is 1.97. The second kappa shape index (κ2) is 5.58. The van der Waals surface area contributed by atoms with Gasteiger partial charge in [0.25, 0.3) is 5.89 Å². The van der Waals surface area contributed by atoms with Crippen LogP contribution < -0.4 is 5.32 Å². The lowest BCUT2D eigenvalue weighted by Gasteiger charge is -2.00. The maximum Gasteiger partial charge on any atom is 0.258 e. The van der Waals surface area contributed by atoms with Crippen molar-refractivity contribution < 1.29 is 9.32 Å². The van der Waals surface area contributed by atoms with Gasteiger partial charge in [-0.05, 0) is 30.7 Å². The fraction of sp³-hybridized carbons (Fsp3) is 0.0625. The van der Waals surface area contributed by atoms with E-state index in [2.05, 4.69) is 15.5 Å². The Morgan fingerprint density at radius 2 is 2.00 bits per heavy atom. The Labute approximate surface area is 121 Å². The molecule has 1 amide bonds. The normalized spacial score (nSPS) is 10.3. The molecule has 0 bridgehead atoms. The van der Waals surface area contributed by atoms with E-state index in [0.717, 1.165) is 16.7 Å². The molecular weight excluding hydrogens is 266 g/mol. The van der Waals surface area contributed by atoms with Crippen LogP contribution >= 0.6 is 0 Å². The molecular formula is C16H13N3O2. The van der Waals surface area contributed by atoms with Crippen molar-refractivity contribution in [2.24, 2.45) is 0 Å². The second-order valence-corrected chi connectivity index (χ2v) is 4.58. The molecule has 5 nitrogen and oxygen atoms in total. The Morgan fingerprint density at radius 3 is 2.81 bits per heavy atom. The summed E-state index contributed by atoms with van der Waals surface area (Å²) in [5, 5.41) is 6.62. The van der Waals surface area contributed by atoms with Crippen LogP contribution in [0.2, 0.25) is 0 Å². The molecule has 5 heteroatoms. The quantitative estimate of drug-likeness (QED) is 0.744. The molecule has 3 aromatic rings. The van der Waals surface area contributed by atoms with Gasteiger partial charge in [-0.25, -0.2) is 0 Å². The summed E-state index contributed by atoms with van der Waals surface area (Å²) in [6.45, 7) is 2.00. The largest absolute Gasteiger partial charge is 0.334 e. The minimum atomic E-state index is 0.419. The Morgan fingerprint density at radius 1 is 1.14 bits per heavy atom. The molecule has 3 rings (SSSR count). The number of anilines is 1. The Hall–Kier alpha value is -2.95. The smallest absolute Gasteiger partial charge is 0.258 e. The molecule has 0 fully saturated rings. The van der Waals surface area contributed by atoms with Crippen molar-refractivity contribution in [2.45, 2.75) is 6.92 Å². The summed E-state index contributed by atoms with van der Waals surface area (Å²) in [5.41, 5.74) is 3.46. The van der Waals surface area contributed by atoms with E-state index in [0.29, 0.717) is 23.8 Å². The van der Waals surface area contributed by atoms with E-state index < -0.39 is 0 Å². The third kappa shape index (κ3) is 2.67. The third-order valence-electron chi connectivity index (χ3n) is 3.15. The zero-order valence-electron chi connectivity index (χ0n) is 11.4. The van der Waals surface area contributed by atoms with E-state index in [1.165, 1.54) is 0 Å². The molecule has 0 saturated carbocycles. The standard InChI is InChI=1S/C16H13N3O2/c1-11-5-2-3-8-14(11)15-18-16(21-19-15)12-6-4-7-13(9-12)17-10-20/h2-10H,1H3,(H,17,20). The average Bonchev–Trinajstić information content (AvgIpc) is 2.98. The summed E-state index contributed by atoms with van der Waals surface area (Å²) in [5.74, 6) is 0.972. The summed E-state index contributed by atoms with van der Waals surface area (Å²) in [4.78, 5) is 14.9. The van der Waals surface area contributed by atoms with Crippen LogP contribution in [0.5, 0.6) is 0 Å². The van der Waals surface area contributed by atoms with Crippen molar-refractivity contribution in [2.75, 3.05) is 5.32 Å². The Kier molecular flexibility index (Phi) is 3.47. The number of carbonyl (C=O) groups excluding carboxylic acids is 1. The van der Waals surface area contributed by atoms with Gasteiger partial charge in [-0.15, -0.1) is 0 Å². The molecule has 2 aromatic carbocycles. The second-order valence-electron chi connectivity index (χ2n) is 4.58. The van der Waals surface area contributed by atoms with Crippen molar-refractivity contribution in [1.82, 2.24) is 10.1 Å². The molecule has 0 atom stereocenters. The molecule has 1 aromatic heterocycles. The number of hydrogen-bond acceptors (Lipinski definition) is 4. The monoisotopic (exact) mass is 279 g/mol. The summed E-state index contributed by atoms with van der Waals surface area (Å²) < 4.78 is 5.32. The van der Waals surface area contributed by atoms with Crippen molar-refractivity contribution >= 4 is 12.1 Å². The number of nitrogens with one attached hydrogen (secondary N) is 1. The van der Waals surface area contributed by atoms with Gasteiger partial charge in [-0.2, -0.15) is 4.98 Å². The van der Waals surface area contributed by atoms with Crippen molar-refractivity contribution in [3.05, 3.63) is 54.1 Å². The van der Waals surface area contributed by atoms with Gasteiger partial charge in [0.2, 0.25) is 12.2 Å². The number of hydrogen-bond donors (Lipinski definition) is 1. The number of carbonyl (C=O) groups is 1. The first-order valence-electron chi connectivity index (χ1n) is 6.48. The molecule has 0 radical (unpaired) electrons. The van der Waals surface area contributed by atoms with Crippen molar-refractivity contribution in [3.8, 4) is 22.8 Å². The average molecular weight is 279 g/mol. The number of rotatable bonds is 4. The van der Waals surface area contributed by atoms with Crippen molar-refractivity contribution in [1.29, 1.82) is 0 Å². The number of benzene rings is 2. The summed E-state index contributed by atoms with van der Waals surface area (Å²) >= 11 is 0. The van der Waals surface area contributed by atoms with Gasteiger partial charge < -0.3 is 9.84 Å². The topological polar surface area (TPSA) is 68.0 Å². The number of amides is 1. The summed E-state index contributed by atoms with van der Waals surface area (Å²) in [6, 6.07) is 15.1. The van der Waals surface area contributed by atoms with E-state index in [9.17, 15) is 4.79 Å². The van der Waals surface area contributed by atoms with Crippen LogP contribution in [-0.4, -0.2) is 16.6 Å². The van der Waals surface area contributed by atoms with E-state index in [4.69, 9.17) is 4.52 Å². The van der Waals surface area contributed by atoms with Gasteiger partial charge in [0.05, 0.1) is 0 Å². The number of aromatic nitrogens is 2. The molecule has 0 unspecified atom stereocenters. The highest BCUT2D eigenvalue weighted by Gasteiger charge is 2.12. The molecule has 0 spiro atoms. The first-order valence-corrected chi connectivity index (χ1v) is 6.48. The zero-order valence-corrected chi connectivity index (χ0v) is 11.4. The van der Waals surface area contributed by atoms with Crippen LogP contribution in [0.3, 0.4) is 0 Å². The van der Waals surface area contributed by atoms with E-state index in [-0.39, 0.29) is 0 Å². The van der Waals surface area contributed by atoms with Crippen LogP contribution in [0.15, 0.2) is 53.1 Å². The van der Waals surface area contributed by atoms with Crippen LogP contribution in [-0.2, 0) is 4.79 Å². The predicted octanol–water partition coefficient (Wildman–Crippen LogP) is 3.28. The molecule has 1 N–H and O–H groups in total. The highest BCUT2D eigenvalue weighted by atomic mass is 16.5. The maximum absolute atomic E-state index is 10.5. The lowest BCUT2D eigenvalue weighted by atomic mass is 10.1. The van der Waals surface area contributed by atoms with Crippen LogP contribution in [0.25, 0.3) is 22.8 Å². The highest BCUT2D eigenvalue weighted by molar-refractivity contribution is 5.74. The molecule has 104 valence electrons. The first-order chi connectivity index (χ1) is 10.3. The molecule has 21 heavy (non-hydrogen) atoms. The van der Waals surface area contributed by atoms with Crippen LogP contribution in [0.4, 0.5) is 5.69 Å². The van der Waals surface area contributed by atoms with E-state index in [1.54, 1.807) is 12.1 Å². The SMILES string of the molecule is Cc1ccccc1-c1noc(-c2cccc(NC=O)c2)n1. The van der Waals surface area contributed by atoms with Crippen molar-refractivity contribution in [3.63, 3.8) is 0 Å². The predicted molar refractivity (Wildman–Crippen MR) is 79.6 cm³/mol. The lowest BCUT2D eigenvalue weighted by molar-refractivity contribution is -0.105.